The van der Waals surface area contributed by atoms with Crippen molar-refractivity contribution < 1.29 is 0 Å². The first kappa shape index (κ1) is 10.3. The summed E-state index contributed by atoms with van der Waals surface area (Å²) in [7, 11) is 0. The molecule has 2 rings (SSSR count). The molecule has 15 heavy (non-hydrogen) atoms. The lowest BCUT2D eigenvalue weighted by Crippen LogP contribution is -1.85. The summed E-state index contributed by atoms with van der Waals surface area (Å²) in [5.74, 6) is 1.57. The zero-order chi connectivity index (χ0) is 10.8. The molecule has 78 valence electrons. The SMILES string of the molecule is Cc1ccccc1-c1nc(CS)[nH]c1C. The quantitative estimate of drug-likeness (QED) is 0.745. The maximum atomic E-state index is 4.53. The highest BCUT2D eigenvalue weighted by molar-refractivity contribution is 7.79. The van der Waals surface area contributed by atoms with E-state index in [-0.39, 0.29) is 0 Å². The minimum absolute atomic E-state index is 0.646. The fourth-order valence-corrected chi connectivity index (χ4v) is 1.85. The molecule has 0 radical (unpaired) electrons. The fourth-order valence-electron chi connectivity index (χ4n) is 1.70. The Balaban J connectivity index is 2.54. The Hall–Kier alpha value is -1.22. The highest BCUT2D eigenvalue weighted by Gasteiger charge is 2.09. The second-order valence-electron chi connectivity index (χ2n) is 3.63. The summed E-state index contributed by atoms with van der Waals surface area (Å²) < 4.78 is 0. The van der Waals surface area contributed by atoms with Gasteiger partial charge in [-0.1, -0.05) is 24.3 Å². The summed E-state index contributed by atoms with van der Waals surface area (Å²) >= 11 is 4.22. The van der Waals surface area contributed by atoms with E-state index in [1.807, 2.05) is 19.1 Å². The monoisotopic (exact) mass is 218 g/mol. The number of thiol groups is 1. The first-order chi connectivity index (χ1) is 7.22. The number of aromatic amines is 1. The predicted octanol–water partition coefficient (Wildman–Crippen LogP) is 3.12. The Morgan fingerprint density at radius 1 is 1.27 bits per heavy atom. The molecule has 0 atom stereocenters. The topological polar surface area (TPSA) is 28.7 Å². The Morgan fingerprint density at radius 2 is 2.00 bits per heavy atom. The summed E-state index contributed by atoms with van der Waals surface area (Å²) in [6, 6.07) is 8.28. The van der Waals surface area contributed by atoms with Gasteiger partial charge in [0, 0.05) is 17.0 Å². The lowest BCUT2D eigenvalue weighted by Gasteiger charge is -2.02. The zero-order valence-corrected chi connectivity index (χ0v) is 9.81. The minimum Gasteiger partial charge on any atom is -0.345 e. The van der Waals surface area contributed by atoms with Crippen LogP contribution in [0.3, 0.4) is 0 Å². The summed E-state index contributed by atoms with van der Waals surface area (Å²) in [5, 5.41) is 0. The smallest absolute Gasteiger partial charge is 0.116 e. The second kappa shape index (κ2) is 4.11. The average Bonchev–Trinajstić information content (AvgIpc) is 2.60. The van der Waals surface area contributed by atoms with Gasteiger partial charge in [0.05, 0.1) is 5.69 Å². The van der Waals surface area contributed by atoms with Crippen LogP contribution in [0.2, 0.25) is 0 Å². The number of nitrogens with zero attached hydrogens (tertiary/aromatic N) is 1. The number of aromatic nitrogens is 2. The zero-order valence-electron chi connectivity index (χ0n) is 8.91. The molecule has 0 aliphatic carbocycles. The molecule has 0 fully saturated rings. The van der Waals surface area contributed by atoms with Gasteiger partial charge in [-0.15, -0.1) is 0 Å². The average molecular weight is 218 g/mol. The van der Waals surface area contributed by atoms with E-state index in [0.717, 1.165) is 17.2 Å². The Morgan fingerprint density at radius 3 is 2.60 bits per heavy atom. The van der Waals surface area contributed by atoms with Gasteiger partial charge in [0.25, 0.3) is 0 Å². The van der Waals surface area contributed by atoms with E-state index < -0.39 is 0 Å². The van der Waals surface area contributed by atoms with Gasteiger partial charge < -0.3 is 4.98 Å². The molecular formula is C12H14N2S. The third-order valence-corrected chi connectivity index (χ3v) is 2.78. The molecule has 2 nitrogen and oxygen atoms in total. The molecule has 0 spiro atoms. The van der Waals surface area contributed by atoms with Crippen LogP contribution in [0, 0.1) is 13.8 Å². The van der Waals surface area contributed by atoms with E-state index in [0.29, 0.717) is 5.75 Å². The van der Waals surface area contributed by atoms with Crippen molar-refractivity contribution in [2.75, 3.05) is 0 Å². The maximum absolute atomic E-state index is 4.53. The highest BCUT2D eigenvalue weighted by atomic mass is 32.1. The molecule has 1 N–H and O–H groups in total. The van der Waals surface area contributed by atoms with Crippen LogP contribution in [0.15, 0.2) is 24.3 Å². The van der Waals surface area contributed by atoms with Crippen molar-refractivity contribution in [3.05, 3.63) is 41.3 Å². The van der Waals surface area contributed by atoms with Gasteiger partial charge in [0.1, 0.15) is 5.82 Å². The molecule has 0 amide bonds. The van der Waals surface area contributed by atoms with Gasteiger partial charge in [-0.05, 0) is 19.4 Å². The fraction of sp³-hybridized carbons (Fsp3) is 0.250. The van der Waals surface area contributed by atoms with Gasteiger partial charge in [-0.25, -0.2) is 4.98 Å². The third kappa shape index (κ3) is 1.92. The second-order valence-corrected chi connectivity index (χ2v) is 3.95. The number of H-pyrrole nitrogens is 1. The number of aryl methyl sites for hydroxylation is 2. The summed E-state index contributed by atoms with van der Waals surface area (Å²) in [6.07, 6.45) is 0. The molecule has 0 aliphatic rings. The molecular weight excluding hydrogens is 204 g/mol. The van der Waals surface area contributed by atoms with Gasteiger partial charge in [-0.3, -0.25) is 0 Å². The van der Waals surface area contributed by atoms with Crippen LogP contribution in [0.25, 0.3) is 11.3 Å². The predicted molar refractivity (Wildman–Crippen MR) is 66.2 cm³/mol. The standard InChI is InChI=1S/C12H14N2S/c1-8-5-3-4-6-10(8)12-9(2)13-11(7-15)14-12/h3-6,15H,7H2,1-2H3,(H,13,14). The lowest BCUT2D eigenvalue weighted by molar-refractivity contribution is 1.11. The van der Waals surface area contributed by atoms with Crippen molar-refractivity contribution in [1.82, 2.24) is 9.97 Å². The summed E-state index contributed by atoms with van der Waals surface area (Å²) in [4.78, 5) is 7.76. The van der Waals surface area contributed by atoms with Crippen LogP contribution in [0.5, 0.6) is 0 Å². The van der Waals surface area contributed by atoms with Crippen LogP contribution < -0.4 is 0 Å². The van der Waals surface area contributed by atoms with Crippen molar-refractivity contribution in [2.24, 2.45) is 0 Å². The number of rotatable bonds is 2. The molecule has 3 heteroatoms. The molecule has 1 aromatic heterocycles. The number of imidazole rings is 1. The first-order valence-electron chi connectivity index (χ1n) is 4.94. The van der Waals surface area contributed by atoms with E-state index >= 15 is 0 Å². The third-order valence-electron chi connectivity index (χ3n) is 2.48. The van der Waals surface area contributed by atoms with Crippen LogP contribution in [-0.2, 0) is 5.75 Å². The lowest BCUT2D eigenvalue weighted by atomic mass is 10.1. The van der Waals surface area contributed by atoms with E-state index in [2.05, 4.69) is 41.7 Å². The Bertz CT molecular complexity index is 474. The number of benzene rings is 1. The van der Waals surface area contributed by atoms with Crippen molar-refractivity contribution >= 4 is 12.6 Å². The molecule has 0 aliphatic heterocycles. The van der Waals surface area contributed by atoms with E-state index in [1.165, 1.54) is 11.1 Å². The molecule has 2 aromatic rings. The van der Waals surface area contributed by atoms with Crippen molar-refractivity contribution in [1.29, 1.82) is 0 Å². The molecule has 0 saturated heterocycles. The van der Waals surface area contributed by atoms with Gasteiger partial charge in [0.15, 0.2) is 0 Å². The molecule has 1 aromatic carbocycles. The number of hydrogen-bond acceptors (Lipinski definition) is 2. The molecule has 0 saturated carbocycles. The van der Waals surface area contributed by atoms with E-state index in [9.17, 15) is 0 Å². The van der Waals surface area contributed by atoms with Gasteiger partial charge in [-0.2, -0.15) is 12.6 Å². The van der Waals surface area contributed by atoms with Gasteiger partial charge in [0.2, 0.25) is 0 Å². The normalized spacial score (nSPS) is 10.6. The molecule has 0 bridgehead atoms. The maximum Gasteiger partial charge on any atom is 0.116 e. The first-order valence-corrected chi connectivity index (χ1v) is 5.58. The number of nitrogens with one attached hydrogen (secondary N) is 1. The summed E-state index contributed by atoms with van der Waals surface area (Å²) in [5.41, 5.74) is 4.59. The largest absolute Gasteiger partial charge is 0.345 e. The number of hydrogen-bond donors (Lipinski definition) is 2. The Kier molecular flexibility index (Phi) is 2.82. The van der Waals surface area contributed by atoms with E-state index in [4.69, 9.17) is 0 Å². The minimum atomic E-state index is 0.646. The summed E-state index contributed by atoms with van der Waals surface area (Å²) in [6.45, 7) is 4.14. The van der Waals surface area contributed by atoms with E-state index in [1.54, 1.807) is 0 Å². The Labute approximate surface area is 95.2 Å². The van der Waals surface area contributed by atoms with Crippen LogP contribution >= 0.6 is 12.6 Å². The van der Waals surface area contributed by atoms with Crippen LogP contribution in [0.1, 0.15) is 17.1 Å². The van der Waals surface area contributed by atoms with Crippen molar-refractivity contribution in [3.8, 4) is 11.3 Å². The highest BCUT2D eigenvalue weighted by Crippen LogP contribution is 2.24. The van der Waals surface area contributed by atoms with Gasteiger partial charge >= 0.3 is 0 Å². The van der Waals surface area contributed by atoms with Crippen molar-refractivity contribution in [2.45, 2.75) is 19.6 Å². The van der Waals surface area contributed by atoms with Crippen LogP contribution in [0.4, 0.5) is 0 Å². The molecule has 1 heterocycles. The van der Waals surface area contributed by atoms with Crippen molar-refractivity contribution in [3.63, 3.8) is 0 Å². The van der Waals surface area contributed by atoms with Crippen LogP contribution in [-0.4, -0.2) is 9.97 Å². The molecule has 0 unspecified atom stereocenters.